The molecule has 0 bridgehead atoms. The first-order chi connectivity index (χ1) is 15.5. The Hall–Kier alpha value is -3.26. The minimum Gasteiger partial charge on any atom is -0.290 e. The predicted molar refractivity (Wildman–Crippen MR) is 125 cm³/mol. The van der Waals surface area contributed by atoms with Crippen LogP contribution in [0.2, 0.25) is 5.15 Å². The predicted octanol–water partition coefficient (Wildman–Crippen LogP) is 4.52. The summed E-state index contributed by atoms with van der Waals surface area (Å²) in [5, 5.41) is 14.9. The van der Waals surface area contributed by atoms with Gasteiger partial charge >= 0.3 is 5.69 Å². The van der Waals surface area contributed by atoms with E-state index in [1.54, 1.807) is 15.3 Å². The number of rotatable bonds is 8. The first-order valence-electron chi connectivity index (χ1n) is 10.8. The molecule has 0 aliphatic rings. The van der Waals surface area contributed by atoms with Gasteiger partial charge in [0.15, 0.2) is 0 Å². The normalized spacial score (nSPS) is 12.2. The zero-order valence-electron chi connectivity index (χ0n) is 18.4. The molecule has 3 heterocycles. The van der Waals surface area contributed by atoms with Crippen molar-refractivity contribution in [3.05, 3.63) is 69.5 Å². The van der Waals surface area contributed by atoms with Crippen molar-refractivity contribution in [1.82, 2.24) is 34.7 Å². The lowest BCUT2D eigenvalue weighted by Crippen LogP contribution is -2.27. The van der Waals surface area contributed by atoms with Crippen LogP contribution in [0.5, 0.6) is 0 Å². The number of tetrazole rings is 1. The van der Waals surface area contributed by atoms with Crippen molar-refractivity contribution < 1.29 is 0 Å². The van der Waals surface area contributed by atoms with E-state index in [4.69, 9.17) is 11.6 Å². The lowest BCUT2D eigenvalue weighted by atomic mass is 10.0. The van der Waals surface area contributed by atoms with E-state index >= 15 is 0 Å². The number of nitrogens with one attached hydrogen (secondary N) is 1. The van der Waals surface area contributed by atoms with Crippen molar-refractivity contribution in [3.63, 3.8) is 0 Å². The van der Waals surface area contributed by atoms with Gasteiger partial charge in [-0.25, -0.2) is 4.79 Å². The van der Waals surface area contributed by atoms with Gasteiger partial charge in [-0.05, 0) is 36.6 Å². The standard InChI is InChI=1S/C23H26ClN7O/c1-4-8-20-21(24)31(15(3)5-2)23(32)30(20)14-16-11-12-19(25-13-16)17-9-6-7-10-18(17)22-26-28-29-27-22/h6-7,9-13,15H,4-5,8,14H2,1-3H3,(H,26,27,28,29). The molecular weight excluding hydrogens is 426 g/mol. The van der Waals surface area contributed by atoms with Crippen LogP contribution in [-0.4, -0.2) is 34.7 Å². The molecule has 0 spiro atoms. The van der Waals surface area contributed by atoms with E-state index in [1.165, 1.54) is 0 Å². The van der Waals surface area contributed by atoms with Crippen LogP contribution in [-0.2, 0) is 13.0 Å². The summed E-state index contributed by atoms with van der Waals surface area (Å²) in [4.78, 5) is 17.8. The highest BCUT2D eigenvalue weighted by Crippen LogP contribution is 2.28. The number of hydrogen-bond donors (Lipinski definition) is 1. The molecule has 3 aromatic heterocycles. The third-order valence-corrected chi connectivity index (χ3v) is 6.09. The van der Waals surface area contributed by atoms with Crippen LogP contribution in [0.15, 0.2) is 47.4 Å². The highest BCUT2D eigenvalue weighted by Gasteiger charge is 2.21. The summed E-state index contributed by atoms with van der Waals surface area (Å²) in [5.74, 6) is 0.517. The maximum absolute atomic E-state index is 13.2. The molecule has 4 aromatic rings. The van der Waals surface area contributed by atoms with Crippen LogP contribution >= 0.6 is 11.6 Å². The molecule has 4 rings (SSSR count). The maximum atomic E-state index is 13.2. The van der Waals surface area contributed by atoms with Crippen molar-refractivity contribution in [3.8, 4) is 22.6 Å². The summed E-state index contributed by atoms with van der Waals surface area (Å²) < 4.78 is 3.48. The number of nitrogens with zero attached hydrogens (tertiary/aromatic N) is 6. The number of H-pyrrole nitrogens is 1. The molecule has 0 amide bonds. The van der Waals surface area contributed by atoms with Crippen molar-refractivity contribution in [2.45, 2.75) is 52.6 Å². The van der Waals surface area contributed by atoms with E-state index in [-0.39, 0.29) is 11.7 Å². The van der Waals surface area contributed by atoms with Gasteiger partial charge in [-0.15, -0.1) is 10.2 Å². The molecule has 1 N–H and O–H groups in total. The summed E-state index contributed by atoms with van der Waals surface area (Å²) in [5.41, 5.74) is 4.30. The maximum Gasteiger partial charge on any atom is 0.330 e. The van der Waals surface area contributed by atoms with E-state index in [2.05, 4.69) is 39.5 Å². The Balaban J connectivity index is 1.67. The fourth-order valence-corrected chi connectivity index (χ4v) is 4.26. The van der Waals surface area contributed by atoms with Crippen molar-refractivity contribution in [1.29, 1.82) is 0 Å². The van der Waals surface area contributed by atoms with Crippen LogP contribution in [0.25, 0.3) is 22.6 Å². The second-order valence-electron chi connectivity index (χ2n) is 7.82. The zero-order valence-corrected chi connectivity index (χ0v) is 19.2. The van der Waals surface area contributed by atoms with Gasteiger partial charge in [0.25, 0.3) is 0 Å². The Bertz CT molecular complexity index is 1240. The van der Waals surface area contributed by atoms with Gasteiger partial charge < -0.3 is 0 Å². The fourth-order valence-electron chi connectivity index (χ4n) is 3.82. The van der Waals surface area contributed by atoms with E-state index in [9.17, 15) is 4.79 Å². The average Bonchev–Trinajstić information content (AvgIpc) is 3.43. The van der Waals surface area contributed by atoms with Crippen LogP contribution in [0.1, 0.15) is 50.9 Å². The van der Waals surface area contributed by atoms with E-state index in [0.29, 0.717) is 17.5 Å². The van der Waals surface area contributed by atoms with E-state index < -0.39 is 0 Å². The highest BCUT2D eigenvalue weighted by atomic mass is 35.5. The molecule has 9 heteroatoms. The molecule has 32 heavy (non-hydrogen) atoms. The average molecular weight is 452 g/mol. The minimum atomic E-state index is -0.0701. The smallest absolute Gasteiger partial charge is 0.290 e. The Morgan fingerprint density at radius 3 is 2.53 bits per heavy atom. The monoisotopic (exact) mass is 451 g/mol. The quantitative estimate of drug-likeness (QED) is 0.425. The SMILES string of the molecule is CCCc1c(Cl)n(C(C)CC)c(=O)n1Cc1ccc(-c2ccccc2-c2nn[nH]n2)nc1. The summed E-state index contributed by atoms with van der Waals surface area (Å²) >= 11 is 6.63. The largest absolute Gasteiger partial charge is 0.330 e. The molecule has 166 valence electrons. The van der Waals surface area contributed by atoms with Gasteiger partial charge in [0.1, 0.15) is 5.15 Å². The third-order valence-electron chi connectivity index (χ3n) is 5.69. The van der Waals surface area contributed by atoms with Crippen LogP contribution in [0.4, 0.5) is 0 Å². The summed E-state index contributed by atoms with van der Waals surface area (Å²) in [6.07, 6.45) is 4.30. The first kappa shape index (κ1) is 22.0. The van der Waals surface area contributed by atoms with Gasteiger partial charge in [-0.2, -0.15) is 5.21 Å². The van der Waals surface area contributed by atoms with E-state index in [1.807, 2.05) is 43.3 Å². The second-order valence-corrected chi connectivity index (χ2v) is 8.17. The Morgan fingerprint density at radius 2 is 1.91 bits per heavy atom. The molecule has 0 radical (unpaired) electrons. The van der Waals surface area contributed by atoms with Crippen LogP contribution in [0, 0.1) is 0 Å². The molecular formula is C23H26ClN7O. The number of aromatic nitrogens is 7. The Morgan fingerprint density at radius 1 is 1.12 bits per heavy atom. The summed E-state index contributed by atoms with van der Waals surface area (Å²) in [6.45, 7) is 6.59. The molecule has 8 nitrogen and oxygen atoms in total. The zero-order chi connectivity index (χ0) is 22.7. The van der Waals surface area contributed by atoms with Crippen molar-refractivity contribution in [2.75, 3.05) is 0 Å². The number of imidazole rings is 1. The first-order valence-corrected chi connectivity index (χ1v) is 11.2. The summed E-state index contributed by atoms with van der Waals surface area (Å²) in [6, 6.07) is 11.8. The van der Waals surface area contributed by atoms with Gasteiger partial charge in [0.2, 0.25) is 5.82 Å². The molecule has 0 saturated carbocycles. The molecule has 1 aromatic carbocycles. The van der Waals surface area contributed by atoms with Crippen molar-refractivity contribution in [2.24, 2.45) is 0 Å². The minimum absolute atomic E-state index is 0.0500. The highest BCUT2D eigenvalue weighted by molar-refractivity contribution is 6.30. The van der Waals surface area contributed by atoms with E-state index in [0.717, 1.165) is 47.3 Å². The molecule has 0 fully saturated rings. The second kappa shape index (κ2) is 9.48. The Kier molecular flexibility index (Phi) is 6.50. The van der Waals surface area contributed by atoms with Gasteiger partial charge in [0, 0.05) is 23.4 Å². The number of halogens is 1. The molecule has 0 saturated heterocycles. The van der Waals surface area contributed by atoms with Crippen molar-refractivity contribution >= 4 is 11.6 Å². The molecule has 1 unspecified atom stereocenters. The van der Waals surface area contributed by atoms with Crippen LogP contribution in [0.3, 0.4) is 0 Å². The third kappa shape index (κ3) is 4.10. The number of aromatic amines is 1. The lowest BCUT2D eigenvalue weighted by molar-refractivity contribution is 0.505. The van der Waals surface area contributed by atoms with Gasteiger partial charge in [0.05, 0.1) is 17.9 Å². The van der Waals surface area contributed by atoms with Gasteiger partial charge in [-0.3, -0.25) is 14.1 Å². The number of hydrogen-bond acceptors (Lipinski definition) is 5. The van der Waals surface area contributed by atoms with Gasteiger partial charge in [-0.1, -0.05) is 62.2 Å². The number of pyridine rings is 1. The lowest BCUT2D eigenvalue weighted by Gasteiger charge is -2.10. The summed E-state index contributed by atoms with van der Waals surface area (Å²) in [7, 11) is 0. The Labute approximate surface area is 191 Å². The molecule has 0 aliphatic carbocycles. The number of benzene rings is 1. The van der Waals surface area contributed by atoms with Crippen LogP contribution < -0.4 is 5.69 Å². The molecule has 0 aliphatic heterocycles. The topological polar surface area (TPSA) is 94.3 Å². The molecule has 1 atom stereocenters. The fraction of sp³-hybridized carbons (Fsp3) is 0.348.